The number of nitrogens with zero attached hydrogens (tertiary/aromatic N) is 3. The molecule has 1 aliphatic carbocycles. The zero-order chi connectivity index (χ0) is 11.7. The molecule has 0 radical (unpaired) electrons. The SMILES string of the molecule is NC1CCC(Sc2nnc3n2CCCCC3)C1. The molecule has 2 unspecified atom stereocenters. The van der Waals surface area contributed by atoms with Crippen LogP contribution in [0, 0.1) is 0 Å². The molecule has 2 aliphatic rings. The maximum atomic E-state index is 5.96. The topological polar surface area (TPSA) is 56.7 Å². The summed E-state index contributed by atoms with van der Waals surface area (Å²) in [5.74, 6) is 1.19. The quantitative estimate of drug-likeness (QED) is 0.874. The normalized spacial score (nSPS) is 29.0. The van der Waals surface area contributed by atoms with E-state index in [-0.39, 0.29) is 0 Å². The molecule has 2 heterocycles. The van der Waals surface area contributed by atoms with Crippen LogP contribution in [0.1, 0.15) is 44.3 Å². The van der Waals surface area contributed by atoms with Gasteiger partial charge in [0, 0.05) is 24.3 Å². The highest BCUT2D eigenvalue weighted by atomic mass is 32.2. The highest BCUT2D eigenvalue weighted by Crippen LogP contribution is 2.34. The second-order valence-corrected chi connectivity index (χ2v) is 6.44. The van der Waals surface area contributed by atoms with Gasteiger partial charge in [-0.3, -0.25) is 0 Å². The molecule has 1 aromatic rings. The van der Waals surface area contributed by atoms with E-state index in [4.69, 9.17) is 5.73 Å². The van der Waals surface area contributed by atoms with Gasteiger partial charge in [0.15, 0.2) is 5.16 Å². The van der Waals surface area contributed by atoms with Crippen molar-refractivity contribution in [3.63, 3.8) is 0 Å². The van der Waals surface area contributed by atoms with Gasteiger partial charge >= 0.3 is 0 Å². The number of hydrogen-bond donors (Lipinski definition) is 1. The first-order valence-electron chi connectivity index (χ1n) is 6.67. The van der Waals surface area contributed by atoms with E-state index in [1.807, 2.05) is 11.8 Å². The lowest BCUT2D eigenvalue weighted by molar-refractivity contribution is 0.589. The van der Waals surface area contributed by atoms with E-state index in [9.17, 15) is 0 Å². The maximum absolute atomic E-state index is 5.96. The Morgan fingerprint density at radius 1 is 1.18 bits per heavy atom. The first-order chi connectivity index (χ1) is 8.33. The number of nitrogens with two attached hydrogens (primary N) is 1. The molecule has 0 amide bonds. The highest BCUT2D eigenvalue weighted by Gasteiger charge is 2.25. The molecule has 0 saturated heterocycles. The van der Waals surface area contributed by atoms with Crippen molar-refractivity contribution in [2.24, 2.45) is 5.73 Å². The number of hydrogen-bond acceptors (Lipinski definition) is 4. The van der Waals surface area contributed by atoms with Crippen molar-refractivity contribution in [2.45, 2.75) is 67.9 Å². The summed E-state index contributed by atoms with van der Waals surface area (Å²) in [6.45, 7) is 1.10. The molecule has 3 rings (SSSR count). The van der Waals surface area contributed by atoms with E-state index < -0.39 is 0 Å². The summed E-state index contributed by atoms with van der Waals surface area (Å²) in [7, 11) is 0. The number of thioether (sulfide) groups is 1. The molecule has 0 aromatic carbocycles. The monoisotopic (exact) mass is 252 g/mol. The third-order valence-corrected chi connectivity index (χ3v) is 5.05. The summed E-state index contributed by atoms with van der Waals surface area (Å²) in [6.07, 6.45) is 8.47. The molecule has 1 saturated carbocycles. The predicted octanol–water partition coefficient (Wildman–Crippen LogP) is 1.98. The molecule has 1 fully saturated rings. The van der Waals surface area contributed by atoms with E-state index in [0.29, 0.717) is 11.3 Å². The molecule has 2 atom stereocenters. The summed E-state index contributed by atoms with van der Waals surface area (Å²) in [5.41, 5.74) is 5.96. The van der Waals surface area contributed by atoms with Crippen LogP contribution in [0.4, 0.5) is 0 Å². The largest absolute Gasteiger partial charge is 0.328 e. The zero-order valence-corrected chi connectivity index (χ0v) is 11.0. The van der Waals surface area contributed by atoms with Gasteiger partial charge in [-0.15, -0.1) is 10.2 Å². The summed E-state index contributed by atoms with van der Waals surface area (Å²) >= 11 is 1.89. The van der Waals surface area contributed by atoms with Crippen molar-refractivity contribution in [1.29, 1.82) is 0 Å². The van der Waals surface area contributed by atoms with Gasteiger partial charge < -0.3 is 10.3 Å². The van der Waals surface area contributed by atoms with E-state index in [1.165, 1.54) is 37.9 Å². The van der Waals surface area contributed by atoms with Crippen LogP contribution < -0.4 is 5.73 Å². The number of fused-ring (bicyclic) bond motifs is 1. The van der Waals surface area contributed by atoms with Crippen molar-refractivity contribution >= 4 is 11.8 Å². The third-order valence-electron chi connectivity index (χ3n) is 3.77. The molecular formula is C12H20N4S. The van der Waals surface area contributed by atoms with Crippen molar-refractivity contribution in [1.82, 2.24) is 14.8 Å². The summed E-state index contributed by atoms with van der Waals surface area (Å²) in [6, 6.07) is 0.402. The fourth-order valence-corrected chi connectivity index (χ4v) is 4.08. The highest BCUT2D eigenvalue weighted by molar-refractivity contribution is 7.99. The van der Waals surface area contributed by atoms with E-state index in [0.717, 1.165) is 24.5 Å². The van der Waals surface area contributed by atoms with Crippen LogP contribution in [0.25, 0.3) is 0 Å². The van der Waals surface area contributed by atoms with Gasteiger partial charge in [0.1, 0.15) is 5.82 Å². The average molecular weight is 252 g/mol. The standard InChI is InChI=1S/C12H20N4S/c13-9-5-6-10(8-9)17-12-15-14-11-4-2-1-3-7-16(11)12/h9-10H,1-8,13H2. The summed E-state index contributed by atoms with van der Waals surface area (Å²) in [5, 5.41) is 10.5. The van der Waals surface area contributed by atoms with Gasteiger partial charge in [-0.2, -0.15) is 0 Å². The Morgan fingerprint density at radius 3 is 2.94 bits per heavy atom. The van der Waals surface area contributed by atoms with Crippen molar-refractivity contribution < 1.29 is 0 Å². The minimum Gasteiger partial charge on any atom is -0.328 e. The van der Waals surface area contributed by atoms with Crippen molar-refractivity contribution in [2.75, 3.05) is 0 Å². The minimum atomic E-state index is 0.402. The Hall–Kier alpha value is -0.550. The molecule has 17 heavy (non-hydrogen) atoms. The van der Waals surface area contributed by atoms with Crippen LogP contribution in [0.15, 0.2) is 5.16 Å². The van der Waals surface area contributed by atoms with Crippen LogP contribution in [0.3, 0.4) is 0 Å². The van der Waals surface area contributed by atoms with E-state index in [1.54, 1.807) is 0 Å². The predicted molar refractivity (Wildman–Crippen MR) is 69.0 cm³/mol. The summed E-state index contributed by atoms with van der Waals surface area (Å²) < 4.78 is 2.33. The Kier molecular flexibility index (Phi) is 3.38. The average Bonchev–Trinajstić information content (AvgIpc) is 2.80. The second kappa shape index (κ2) is 4.98. The number of rotatable bonds is 2. The van der Waals surface area contributed by atoms with Gasteiger partial charge in [-0.1, -0.05) is 18.2 Å². The molecule has 0 bridgehead atoms. The fourth-order valence-electron chi connectivity index (χ4n) is 2.77. The molecule has 94 valence electrons. The molecular weight excluding hydrogens is 232 g/mol. The molecule has 4 nitrogen and oxygen atoms in total. The maximum Gasteiger partial charge on any atom is 0.191 e. The Labute approximate surface area is 106 Å². The molecule has 5 heteroatoms. The van der Waals surface area contributed by atoms with Crippen LogP contribution in [-0.4, -0.2) is 26.1 Å². The molecule has 0 spiro atoms. The van der Waals surface area contributed by atoms with Crippen molar-refractivity contribution in [3.05, 3.63) is 5.82 Å². The van der Waals surface area contributed by atoms with Gasteiger partial charge in [0.05, 0.1) is 0 Å². The lowest BCUT2D eigenvalue weighted by Gasteiger charge is -2.10. The Morgan fingerprint density at radius 2 is 2.12 bits per heavy atom. The van der Waals surface area contributed by atoms with Crippen LogP contribution in [0.2, 0.25) is 0 Å². The Bertz CT molecular complexity index is 390. The number of aryl methyl sites for hydroxylation is 1. The van der Waals surface area contributed by atoms with E-state index >= 15 is 0 Å². The van der Waals surface area contributed by atoms with Crippen LogP contribution in [0.5, 0.6) is 0 Å². The third kappa shape index (κ3) is 2.50. The first kappa shape index (κ1) is 11.5. The van der Waals surface area contributed by atoms with Gasteiger partial charge in [0.25, 0.3) is 0 Å². The lowest BCUT2D eigenvalue weighted by Crippen LogP contribution is -2.15. The van der Waals surface area contributed by atoms with Gasteiger partial charge in [-0.25, -0.2) is 0 Å². The van der Waals surface area contributed by atoms with Crippen molar-refractivity contribution in [3.8, 4) is 0 Å². The van der Waals surface area contributed by atoms with Gasteiger partial charge in [0.2, 0.25) is 0 Å². The van der Waals surface area contributed by atoms with Crippen LogP contribution in [-0.2, 0) is 13.0 Å². The van der Waals surface area contributed by atoms with E-state index in [2.05, 4.69) is 14.8 Å². The van der Waals surface area contributed by atoms with Crippen LogP contribution >= 0.6 is 11.8 Å². The minimum absolute atomic E-state index is 0.402. The molecule has 1 aromatic heterocycles. The first-order valence-corrected chi connectivity index (χ1v) is 7.55. The fraction of sp³-hybridized carbons (Fsp3) is 0.833. The Balaban J connectivity index is 1.72. The zero-order valence-electron chi connectivity index (χ0n) is 10.1. The number of aromatic nitrogens is 3. The summed E-state index contributed by atoms with van der Waals surface area (Å²) in [4.78, 5) is 0. The molecule has 2 N–H and O–H groups in total. The lowest BCUT2D eigenvalue weighted by atomic mass is 10.2. The molecule has 1 aliphatic heterocycles. The smallest absolute Gasteiger partial charge is 0.191 e. The second-order valence-electron chi connectivity index (χ2n) is 5.17. The van der Waals surface area contributed by atoms with Gasteiger partial charge in [-0.05, 0) is 32.1 Å².